The smallest absolute Gasteiger partial charge is 0.155 e. The topological polar surface area (TPSA) is 30.0 Å². The molecule has 2 aliphatic carbocycles. The Bertz CT molecular complexity index is 476. The van der Waals surface area contributed by atoms with Crippen LogP contribution in [-0.4, -0.2) is 10.8 Å². The van der Waals surface area contributed by atoms with Crippen molar-refractivity contribution in [1.29, 1.82) is 0 Å². The number of carbonyl (C=O) groups is 1. The number of aromatic nitrogens is 1. The van der Waals surface area contributed by atoms with Gasteiger partial charge in [-0.2, -0.15) is 0 Å². The van der Waals surface area contributed by atoms with Crippen molar-refractivity contribution in [3.8, 4) is 0 Å². The third kappa shape index (κ3) is 2.04. The van der Waals surface area contributed by atoms with Crippen LogP contribution in [0.15, 0.2) is 30.0 Å². The average Bonchev–Trinajstić information content (AvgIpc) is 2.66. The second-order valence-electron chi connectivity index (χ2n) is 5.03. The van der Waals surface area contributed by atoms with E-state index in [1.54, 1.807) is 0 Å². The first kappa shape index (κ1) is 10.7. The van der Waals surface area contributed by atoms with Crippen molar-refractivity contribution in [2.75, 3.05) is 0 Å². The molecule has 1 aromatic heterocycles. The molecule has 1 aromatic rings. The molecule has 1 atom stereocenters. The Morgan fingerprint density at radius 1 is 1.18 bits per heavy atom. The highest BCUT2D eigenvalue weighted by atomic mass is 16.1. The summed E-state index contributed by atoms with van der Waals surface area (Å²) in [6.45, 7) is 0. The zero-order valence-electron chi connectivity index (χ0n) is 9.98. The van der Waals surface area contributed by atoms with Crippen LogP contribution in [0.3, 0.4) is 0 Å². The van der Waals surface area contributed by atoms with E-state index in [1.807, 2.05) is 18.3 Å². The third-order valence-electron chi connectivity index (χ3n) is 3.89. The number of hydrogen-bond acceptors (Lipinski definition) is 2. The molecule has 2 aliphatic rings. The van der Waals surface area contributed by atoms with Crippen LogP contribution in [0, 0.1) is 0 Å². The van der Waals surface area contributed by atoms with E-state index in [4.69, 9.17) is 0 Å². The summed E-state index contributed by atoms with van der Waals surface area (Å²) in [4.78, 5) is 16.2. The Morgan fingerprint density at radius 3 is 3.00 bits per heavy atom. The molecule has 0 N–H and O–H groups in total. The van der Waals surface area contributed by atoms with Crippen LogP contribution < -0.4 is 0 Å². The van der Waals surface area contributed by atoms with Gasteiger partial charge < -0.3 is 0 Å². The fourth-order valence-corrected chi connectivity index (χ4v) is 3.03. The molecule has 1 unspecified atom stereocenters. The van der Waals surface area contributed by atoms with Crippen molar-refractivity contribution in [3.63, 3.8) is 0 Å². The van der Waals surface area contributed by atoms with Crippen LogP contribution in [0.5, 0.6) is 0 Å². The first-order valence-corrected chi connectivity index (χ1v) is 6.51. The van der Waals surface area contributed by atoms with Gasteiger partial charge in [0.05, 0.1) is 5.69 Å². The van der Waals surface area contributed by atoms with Gasteiger partial charge in [-0.3, -0.25) is 9.78 Å². The number of allylic oxidation sites excluding steroid dienone is 2. The predicted molar refractivity (Wildman–Crippen MR) is 66.9 cm³/mol. The monoisotopic (exact) mass is 227 g/mol. The fraction of sp³-hybridized carbons (Fsp3) is 0.467. The van der Waals surface area contributed by atoms with Crippen molar-refractivity contribution >= 4 is 5.78 Å². The van der Waals surface area contributed by atoms with E-state index in [1.165, 1.54) is 16.8 Å². The van der Waals surface area contributed by atoms with E-state index >= 15 is 0 Å². The van der Waals surface area contributed by atoms with E-state index in [0.717, 1.165) is 38.5 Å². The molecule has 2 heteroatoms. The summed E-state index contributed by atoms with van der Waals surface area (Å²) in [5, 5.41) is 0. The number of pyridine rings is 1. The summed E-state index contributed by atoms with van der Waals surface area (Å²) >= 11 is 0. The lowest BCUT2D eigenvalue weighted by Crippen LogP contribution is -2.02. The van der Waals surface area contributed by atoms with Crippen molar-refractivity contribution in [2.45, 2.75) is 44.4 Å². The third-order valence-corrected chi connectivity index (χ3v) is 3.89. The van der Waals surface area contributed by atoms with E-state index in [-0.39, 0.29) is 0 Å². The second kappa shape index (κ2) is 4.44. The maximum atomic E-state index is 11.7. The summed E-state index contributed by atoms with van der Waals surface area (Å²) < 4.78 is 0. The van der Waals surface area contributed by atoms with Crippen LogP contribution in [0.25, 0.3) is 0 Å². The Kier molecular flexibility index (Phi) is 2.79. The molecule has 0 saturated heterocycles. The Labute approximate surface area is 102 Å². The summed E-state index contributed by atoms with van der Waals surface area (Å²) in [5.41, 5.74) is 3.91. The highest BCUT2D eigenvalue weighted by molar-refractivity contribution is 5.90. The quantitative estimate of drug-likeness (QED) is 0.737. The van der Waals surface area contributed by atoms with Gasteiger partial charge in [0.1, 0.15) is 0 Å². The molecule has 0 saturated carbocycles. The second-order valence-corrected chi connectivity index (χ2v) is 5.03. The van der Waals surface area contributed by atoms with Crippen LogP contribution in [0.4, 0.5) is 0 Å². The van der Waals surface area contributed by atoms with Gasteiger partial charge in [0, 0.05) is 18.5 Å². The van der Waals surface area contributed by atoms with Gasteiger partial charge in [0.2, 0.25) is 0 Å². The first-order valence-electron chi connectivity index (χ1n) is 6.51. The Morgan fingerprint density at radius 2 is 2.06 bits per heavy atom. The SMILES string of the molecule is O=C1C=C(C2CCc3cccnc32)CCCC1. The lowest BCUT2D eigenvalue weighted by atomic mass is 9.92. The average molecular weight is 227 g/mol. The number of nitrogens with zero attached hydrogens (tertiary/aromatic N) is 1. The molecular formula is C15H17NO. The predicted octanol–water partition coefficient (Wildman–Crippen LogP) is 3.18. The van der Waals surface area contributed by atoms with Crippen molar-refractivity contribution in [1.82, 2.24) is 4.98 Å². The minimum atomic E-state index is 0.307. The Hall–Kier alpha value is -1.44. The maximum Gasteiger partial charge on any atom is 0.155 e. The lowest BCUT2D eigenvalue weighted by molar-refractivity contribution is -0.114. The number of carbonyl (C=O) groups excluding carboxylic acids is 1. The van der Waals surface area contributed by atoms with Gasteiger partial charge in [-0.1, -0.05) is 11.6 Å². The van der Waals surface area contributed by atoms with Crippen LogP contribution in [0.2, 0.25) is 0 Å². The van der Waals surface area contributed by atoms with E-state index in [2.05, 4.69) is 11.1 Å². The molecule has 0 fully saturated rings. The van der Waals surface area contributed by atoms with Crippen molar-refractivity contribution in [2.24, 2.45) is 0 Å². The Balaban J connectivity index is 1.93. The molecular weight excluding hydrogens is 210 g/mol. The van der Waals surface area contributed by atoms with Crippen molar-refractivity contribution < 1.29 is 4.79 Å². The highest BCUT2D eigenvalue weighted by Gasteiger charge is 2.27. The number of fused-ring (bicyclic) bond motifs is 1. The number of rotatable bonds is 1. The van der Waals surface area contributed by atoms with E-state index in [9.17, 15) is 4.79 Å². The highest BCUT2D eigenvalue weighted by Crippen LogP contribution is 2.39. The molecule has 0 bridgehead atoms. The maximum absolute atomic E-state index is 11.7. The van der Waals surface area contributed by atoms with Gasteiger partial charge in [0.25, 0.3) is 0 Å². The fourth-order valence-electron chi connectivity index (χ4n) is 3.03. The van der Waals surface area contributed by atoms with Crippen LogP contribution in [0.1, 0.15) is 49.3 Å². The standard InChI is InChI=1S/C15H17NO/c17-13-6-2-1-4-12(10-13)14-8-7-11-5-3-9-16-15(11)14/h3,5,9-10,14H,1-2,4,6-8H2. The molecule has 0 aromatic carbocycles. The van der Waals surface area contributed by atoms with Gasteiger partial charge in [0.15, 0.2) is 5.78 Å². The molecule has 0 spiro atoms. The molecule has 0 aliphatic heterocycles. The van der Waals surface area contributed by atoms with E-state index in [0.29, 0.717) is 11.7 Å². The lowest BCUT2D eigenvalue weighted by Gasteiger charge is -2.13. The van der Waals surface area contributed by atoms with Gasteiger partial charge in [-0.15, -0.1) is 0 Å². The van der Waals surface area contributed by atoms with Gasteiger partial charge in [-0.05, 0) is 49.8 Å². The number of hydrogen-bond donors (Lipinski definition) is 0. The summed E-state index contributed by atoms with van der Waals surface area (Å²) in [5.74, 6) is 0.718. The van der Waals surface area contributed by atoms with E-state index < -0.39 is 0 Å². The zero-order valence-corrected chi connectivity index (χ0v) is 9.98. The number of aryl methyl sites for hydroxylation is 1. The summed E-state index contributed by atoms with van der Waals surface area (Å²) in [6, 6.07) is 4.18. The van der Waals surface area contributed by atoms with Gasteiger partial charge >= 0.3 is 0 Å². The molecule has 3 rings (SSSR count). The zero-order chi connectivity index (χ0) is 11.7. The van der Waals surface area contributed by atoms with Crippen molar-refractivity contribution in [3.05, 3.63) is 41.2 Å². The minimum Gasteiger partial charge on any atom is -0.295 e. The molecule has 0 radical (unpaired) electrons. The summed E-state index contributed by atoms with van der Waals surface area (Å²) in [7, 11) is 0. The van der Waals surface area contributed by atoms with Crippen LogP contribution in [-0.2, 0) is 11.2 Å². The molecule has 17 heavy (non-hydrogen) atoms. The molecule has 1 heterocycles. The number of ketones is 1. The normalized spacial score (nSPS) is 24.1. The summed E-state index contributed by atoms with van der Waals surface area (Å²) in [6.07, 6.45) is 10.0. The molecule has 88 valence electrons. The first-order chi connectivity index (χ1) is 8.34. The molecule has 0 amide bonds. The largest absolute Gasteiger partial charge is 0.295 e. The van der Waals surface area contributed by atoms with Gasteiger partial charge in [-0.25, -0.2) is 0 Å². The van der Waals surface area contributed by atoms with Crippen LogP contribution >= 0.6 is 0 Å². The molecule has 2 nitrogen and oxygen atoms in total. The minimum absolute atomic E-state index is 0.307.